The summed E-state index contributed by atoms with van der Waals surface area (Å²) in [7, 11) is -2.12. The smallest absolute Gasteiger partial charge is 0.306 e. The summed E-state index contributed by atoms with van der Waals surface area (Å²) in [5, 5.41) is 3.05. The molecule has 6 nitrogen and oxygen atoms in total. The van der Waals surface area contributed by atoms with E-state index in [4.69, 9.17) is 0 Å². The Labute approximate surface area is 89.4 Å². The van der Waals surface area contributed by atoms with Gasteiger partial charge in [-0.1, -0.05) is 0 Å². The SMILES string of the molecule is COC(=O)CCS(=O)(=O)N[C@@H]1CCNC1. The Morgan fingerprint density at radius 2 is 2.33 bits per heavy atom. The number of hydrogen-bond acceptors (Lipinski definition) is 5. The summed E-state index contributed by atoms with van der Waals surface area (Å²) in [6.45, 7) is 1.47. The molecular weight excluding hydrogens is 220 g/mol. The molecule has 88 valence electrons. The van der Waals surface area contributed by atoms with Crippen LogP contribution >= 0.6 is 0 Å². The molecule has 0 amide bonds. The predicted octanol–water partition coefficient (Wildman–Crippen LogP) is -1.17. The van der Waals surface area contributed by atoms with Gasteiger partial charge in [-0.3, -0.25) is 4.79 Å². The second-order valence-electron chi connectivity index (χ2n) is 3.45. The molecule has 0 aromatic heterocycles. The van der Waals surface area contributed by atoms with Gasteiger partial charge in [-0.05, 0) is 13.0 Å². The highest BCUT2D eigenvalue weighted by atomic mass is 32.2. The average Bonchev–Trinajstić information content (AvgIpc) is 2.66. The number of rotatable bonds is 5. The van der Waals surface area contributed by atoms with Gasteiger partial charge in [-0.15, -0.1) is 0 Å². The van der Waals surface area contributed by atoms with E-state index in [1.165, 1.54) is 7.11 Å². The number of carbonyl (C=O) groups is 1. The molecule has 15 heavy (non-hydrogen) atoms. The summed E-state index contributed by atoms with van der Waals surface area (Å²) in [5.74, 6) is -0.721. The van der Waals surface area contributed by atoms with Gasteiger partial charge in [-0.25, -0.2) is 13.1 Å². The molecule has 1 saturated heterocycles. The van der Waals surface area contributed by atoms with Crippen LogP contribution in [0, 0.1) is 0 Å². The van der Waals surface area contributed by atoms with E-state index in [9.17, 15) is 13.2 Å². The highest BCUT2D eigenvalue weighted by Gasteiger charge is 2.21. The highest BCUT2D eigenvalue weighted by molar-refractivity contribution is 7.89. The van der Waals surface area contributed by atoms with Crippen molar-refractivity contribution in [1.29, 1.82) is 0 Å². The largest absolute Gasteiger partial charge is 0.469 e. The molecular formula is C8H16N2O4S. The standard InChI is InChI=1S/C8H16N2O4S/c1-14-8(11)3-5-15(12,13)10-7-2-4-9-6-7/h7,9-10H,2-6H2,1H3/t7-/m1/s1. The Morgan fingerprint density at radius 3 is 2.87 bits per heavy atom. The van der Waals surface area contributed by atoms with Crippen LogP contribution in [0.25, 0.3) is 0 Å². The number of sulfonamides is 1. The molecule has 0 saturated carbocycles. The molecule has 1 fully saturated rings. The van der Waals surface area contributed by atoms with Crippen molar-refractivity contribution < 1.29 is 17.9 Å². The monoisotopic (exact) mass is 236 g/mol. The Balaban J connectivity index is 2.34. The lowest BCUT2D eigenvalue weighted by molar-refractivity contribution is -0.140. The average molecular weight is 236 g/mol. The van der Waals surface area contributed by atoms with Crippen molar-refractivity contribution in [2.24, 2.45) is 0 Å². The minimum Gasteiger partial charge on any atom is -0.469 e. The van der Waals surface area contributed by atoms with E-state index < -0.39 is 16.0 Å². The van der Waals surface area contributed by atoms with Crippen molar-refractivity contribution >= 4 is 16.0 Å². The van der Waals surface area contributed by atoms with Gasteiger partial charge in [0.25, 0.3) is 0 Å². The first-order chi connectivity index (χ1) is 7.03. The van der Waals surface area contributed by atoms with Crippen molar-refractivity contribution in [3.05, 3.63) is 0 Å². The van der Waals surface area contributed by atoms with Crippen molar-refractivity contribution in [3.63, 3.8) is 0 Å². The normalized spacial score (nSPS) is 21.5. The molecule has 0 unspecified atom stereocenters. The van der Waals surface area contributed by atoms with E-state index in [-0.39, 0.29) is 18.2 Å². The van der Waals surface area contributed by atoms with Gasteiger partial charge in [0, 0.05) is 12.6 Å². The van der Waals surface area contributed by atoms with Crippen molar-refractivity contribution in [1.82, 2.24) is 10.0 Å². The van der Waals surface area contributed by atoms with Gasteiger partial charge in [0.05, 0.1) is 19.3 Å². The summed E-state index contributed by atoms with van der Waals surface area (Å²) in [4.78, 5) is 10.8. The van der Waals surface area contributed by atoms with Gasteiger partial charge in [0.2, 0.25) is 10.0 Å². The van der Waals surface area contributed by atoms with Gasteiger partial charge < -0.3 is 10.1 Å². The van der Waals surface area contributed by atoms with Crippen LogP contribution in [0.2, 0.25) is 0 Å². The summed E-state index contributed by atoms with van der Waals surface area (Å²) in [6, 6.07) is -0.0485. The van der Waals surface area contributed by atoms with Crippen LogP contribution in [0.3, 0.4) is 0 Å². The fourth-order valence-electron chi connectivity index (χ4n) is 1.39. The van der Waals surface area contributed by atoms with Gasteiger partial charge in [-0.2, -0.15) is 0 Å². The summed E-state index contributed by atoms with van der Waals surface area (Å²) in [6.07, 6.45) is 0.684. The lowest BCUT2D eigenvalue weighted by Crippen LogP contribution is -2.38. The van der Waals surface area contributed by atoms with Crippen LogP contribution < -0.4 is 10.0 Å². The number of carbonyl (C=O) groups excluding carboxylic acids is 1. The molecule has 1 heterocycles. The van der Waals surface area contributed by atoms with Crippen LogP contribution in [0.1, 0.15) is 12.8 Å². The second kappa shape index (κ2) is 5.43. The molecule has 0 aromatic rings. The fourth-order valence-corrected chi connectivity index (χ4v) is 2.65. The lowest BCUT2D eigenvalue weighted by Gasteiger charge is -2.11. The van der Waals surface area contributed by atoms with Crippen molar-refractivity contribution in [2.75, 3.05) is 26.0 Å². The maximum atomic E-state index is 11.5. The molecule has 1 rings (SSSR count). The zero-order chi connectivity index (χ0) is 11.3. The van der Waals surface area contributed by atoms with Crippen LogP contribution in [0.15, 0.2) is 0 Å². The van der Waals surface area contributed by atoms with Gasteiger partial charge in [0.1, 0.15) is 0 Å². The maximum Gasteiger partial charge on any atom is 0.306 e. The number of ether oxygens (including phenoxy) is 1. The molecule has 2 N–H and O–H groups in total. The maximum absolute atomic E-state index is 11.5. The molecule has 0 aliphatic carbocycles. The fraction of sp³-hybridized carbons (Fsp3) is 0.875. The third-order valence-electron chi connectivity index (χ3n) is 2.21. The number of hydrogen-bond donors (Lipinski definition) is 2. The number of esters is 1. The molecule has 0 spiro atoms. The minimum absolute atomic E-state index is 0.0485. The summed E-state index contributed by atoms with van der Waals surface area (Å²) >= 11 is 0. The van der Waals surface area contributed by atoms with E-state index in [0.717, 1.165) is 13.0 Å². The van der Waals surface area contributed by atoms with Crippen LogP contribution in [0.4, 0.5) is 0 Å². The van der Waals surface area contributed by atoms with Crippen LogP contribution in [-0.4, -0.2) is 46.4 Å². The highest BCUT2D eigenvalue weighted by Crippen LogP contribution is 2.01. The predicted molar refractivity (Wildman–Crippen MR) is 54.8 cm³/mol. The number of methoxy groups -OCH3 is 1. The van der Waals surface area contributed by atoms with E-state index in [2.05, 4.69) is 14.8 Å². The van der Waals surface area contributed by atoms with Gasteiger partial charge >= 0.3 is 5.97 Å². The third kappa shape index (κ3) is 4.59. The topological polar surface area (TPSA) is 84.5 Å². The lowest BCUT2D eigenvalue weighted by atomic mass is 10.3. The molecule has 0 bridgehead atoms. The summed E-state index contributed by atoms with van der Waals surface area (Å²) in [5.41, 5.74) is 0. The Kier molecular flexibility index (Phi) is 4.49. The molecule has 0 aromatic carbocycles. The number of nitrogens with one attached hydrogen (secondary N) is 2. The second-order valence-corrected chi connectivity index (χ2v) is 5.33. The van der Waals surface area contributed by atoms with Crippen LogP contribution in [0.5, 0.6) is 0 Å². The Bertz CT molecular complexity index is 309. The van der Waals surface area contributed by atoms with Crippen molar-refractivity contribution in [3.8, 4) is 0 Å². The molecule has 1 aliphatic heterocycles. The Morgan fingerprint density at radius 1 is 1.60 bits per heavy atom. The first kappa shape index (κ1) is 12.4. The quantitative estimate of drug-likeness (QED) is 0.588. The zero-order valence-electron chi connectivity index (χ0n) is 8.65. The van der Waals surface area contributed by atoms with Crippen molar-refractivity contribution in [2.45, 2.75) is 18.9 Å². The Hall–Kier alpha value is -0.660. The zero-order valence-corrected chi connectivity index (χ0v) is 9.47. The van der Waals surface area contributed by atoms with Gasteiger partial charge in [0.15, 0.2) is 0 Å². The van der Waals surface area contributed by atoms with E-state index >= 15 is 0 Å². The molecule has 0 radical (unpaired) electrons. The minimum atomic E-state index is -3.36. The van der Waals surface area contributed by atoms with E-state index in [1.54, 1.807) is 0 Å². The van der Waals surface area contributed by atoms with E-state index in [0.29, 0.717) is 6.54 Å². The molecule has 1 aliphatic rings. The summed E-state index contributed by atoms with van der Waals surface area (Å²) < 4.78 is 29.8. The molecule has 1 atom stereocenters. The third-order valence-corrected chi connectivity index (χ3v) is 3.64. The van der Waals surface area contributed by atoms with E-state index in [1.807, 2.05) is 0 Å². The molecule has 7 heteroatoms. The first-order valence-corrected chi connectivity index (χ1v) is 6.46. The van der Waals surface area contributed by atoms with Crippen LogP contribution in [-0.2, 0) is 19.6 Å². The first-order valence-electron chi connectivity index (χ1n) is 4.81.